The summed E-state index contributed by atoms with van der Waals surface area (Å²) < 4.78 is 0. The normalized spacial score (nSPS) is 10.8. The first-order valence-corrected chi connectivity index (χ1v) is 6.09. The Hall–Kier alpha value is -1.48. The van der Waals surface area contributed by atoms with Gasteiger partial charge in [-0.1, -0.05) is 43.6 Å². The van der Waals surface area contributed by atoms with Crippen LogP contribution in [0.15, 0.2) is 30.3 Å². The smallest absolute Gasteiger partial charge is 0.148 e. The molecule has 2 N–H and O–H groups in total. The molecule has 3 nitrogen and oxygen atoms in total. The van der Waals surface area contributed by atoms with E-state index in [1.54, 1.807) is 0 Å². The maximum absolute atomic E-state index is 6.13. The van der Waals surface area contributed by atoms with Gasteiger partial charge in [-0.05, 0) is 12.0 Å². The molecule has 0 spiro atoms. The maximum atomic E-state index is 6.13. The van der Waals surface area contributed by atoms with Crippen LogP contribution < -0.4 is 5.32 Å². The number of nitrogens with one attached hydrogen (secondary N) is 2. The Morgan fingerprint density at radius 3 is 2.82 bits per heavy atom. The van der Waals surface area contributed by atoms with Crippen molar-refractivity contribution in [3.8, 4) is 11.3 Å². The van der Waals surface area contributed by atoms with E-state index in [0.717, 1.165) is 28.6 Å². The molecule has 0 amide bonds. The monoisotopic (exact) mass is 249 g/mol. The summed E-state index contributed by atoms with van der Waals surface area (Å²) in [5, 5.41) is 11.2. The van der Waals surface area contributed by atoms with Gasteiger partial charge in [0.05, 0.1) is 5.69 Å². The number of hydrogen-bond acceptors (Lipinski definition) is 2. The number of anilines is 1. The summed E-state index contributed by atoms with van der Waals surface area (Å²) in [6, 6.07) is 9.70. The van der Waals surface area contributed by atoms with Crippen molar-refractivity contribution in [3.63, 3.8) is 0 Å². The average Bonchev–Trinajstić information content (AvgIpc) is 2.75. The van der Waals surface area contributed by atoms with E-state index in [2.05, 4.69) is 29.4 Å². The zero-order valence-corrected chi connectivity index (χ0v) is 10.8. The Morgan fingerprint density at radius 1 is 1.35 bits per heavy atom. The molecule has 1 aromatic heterocycles. The van der Waals surface area contributed by atoms with Crippen LogP contribution in [-0.2, 0) is 0 Å². The largest absolute Gasteiger partial charge is 0.368 e. The van der Waals surface area contributed by atoms with Crippen LogP contribution in [0.1, 0.15) is 13.8 Å². The second kappa shape index (κ2) is 5.23. The topological polar surface area (TPSA) is 40.7 Å². The van der Waals surface area contributed by atoms with Gasteiger partial charge in [-0.25, -0.2) is 0 Å². The average molecular weight is 250 g/mol. The van der Waals surface area contributed by atoms with E-state index >= 15 is 0 Å². The van der Waals surface area contributed by atoms with Crippen LogP contribution in [0.4, 0.5) is 5.82 Å². The zero-order valence-electron chi connectivity index (χ0n) is 10.00. The highest BCUT2D eigenvalue weighted by atomic mass is 35.5. The van der Waals surface area contributed by atoms with Gasteiger partial charge in [-0.15, -0.1) is 0 Å². The molecule has 1 aromatic carbocycles. The second-order valence-corrected chi connectivity index (χ2v) is 4.83. The summed E-state index contributed by atoms with van der Waals surface area (Å²) in [6.45, 7) is 5.23. The highest BCUT2D eigenvalue weighted by Crippen LogP contribution is 2.27. The standard InChI is InChI=1S/C13H16ClN3/c1-9(2)8-15-13-7-12(16-17-13)10-5-3-4-6-11(10)14/h3-7,9H,8H2,1-2H3,(H2,15,16,17). The van der Waals surface area contributed by atoms with Gasteiger partial charge in [0.15, 0.2) is 0 Å². The number of aromatic nitrogens is 2. The maximum Gasteiger partial charge on any atom is 0.148 e. The Bertz CT molecular complexity index is 491. The van der Waals surface area contributed by atoms with Crippen LogP contribution in [0.25, 0.3) is 11.3 Å². The number of benzene rings is 1. The van der Waals surface area contributed by atoms with Gasteiger partial charge >= 0.3 is 0 Å². The summed E-state index contributed by atoms with van der Waals surface area (Å²) in [5.41, 5.74) is 1.90. The third kappa shape index (κ3) is 3.01. The van der Waals surface area contributed by atoms with Gasteiger partial charge < -0.3 is 5.32 Å². The van der Waals surface area contributed by atoms with Crippen molar-refractivity contribution in [2.45, 2.75) is 13.8 Å². The van der Waals surface area contributed by atoms with Crippen molar-refractivity contribution in [2.24, 2.45) is 5.92 Å². The van der Waals surface area contributed by atoms with Crippen LogP contribution >= 0.6 is 11.6 Å². The van der Waals surface area contributed by atoms with E-state index < -0.39 is 0 Å². The Kier molecular flexibility index (Phi) is 3.69. The summed E-state index contributed by atoms with van der Waals surface area (Å²) in [7, 11) is 0. The van der Waals surface area contributed by atoms with Crippen LogP contribution in [0, 0.1) is 5.92 Å². The van der Waals surface area contributed by atoms with E-state index in [1.165, 1.54) is 0 Å². The van der Waals surface area contributed by atoms with Gasteiger partial charge in [0, 0.05) is 23.2 Å². The predicted octanol–water partition coefficient (Wildman–Crippen LogP) is 3.80. The summed E-state index contributed by atoms with van der Waals surface area (Å²) in [5.74, 6) is 1.45. The van der Waals surface area contributed by atoms with Gasteiger partial charge in [0.2, 0.25) is 0 Å². The highest BCUT2D eigenvalue weighted by molar-refractivity contribution is 6.33. The lowest BCUT2D eigenvalue weighted by molar-refractivity contribution is 0.687. The zero-order chi connectivity index (χ0) is 12.3. The van der Waals surface area contributed by atoms with Crippen LogP contribution in [-0.4, -0.2) is 16.7 Å². The van der Waals surface area contributed by atoms with Gasteiger partial charge in [-0.3, -0.25) is 5.10 Å². The number of H-pyrrole nitrogens is 1. The quantitative estimate of drug-likeness (QED) is 0.865. The molecule has 0 radical (unpaired) electrons. The fraction of sp³-hybridized carbons (Fsp3) is 0.308. The SMILES string of the molecule is CC(C)CNc1cc(-c2ccccc2Cl)[nH]n1. The van der Waals surface area contributed by atoms with E-state index in [9.17, 15) is 0 Å². The Morgan fingerprint density at radius 2 is 2.12 bits per heavy atom. The Labute approximate surface area is 106 Å². The molecule has 1 heterocycles. The van der Waals surface area contributed by atoms with Crippen molar-refractivity contribution >= 4 is 17.4 Å². The first kappa shape index (κ1) is 12.0. The lowest BCUT2D eigenvalue weighted by atomic mass is 10.1. The molecule has 0 atom stereocenters. The number of nitrogens with zero attached hydrogens (tertiary/aromatic N) is 1. The van der Waals surface area contributed by atoms with Crippen molar-refractivity contribution < 1.29 is 0 Å². The third-order valence-electron chi connectivity index (χ3n) is 2.43. The molecule has 0 saturated carbocycles. The molecule has 0 aliphatic rings. The molecule has 0 saturated heterocycles. The van der Waals surface area contributed by atoms with Crippen molar-refractivity contribution in [1.29, 1.82) is 0 Å². The minimum Gasteiger partial charge on any atom is -0.368 e. The molecular weight excluding hydrogens is 234 g/mol. The van der Waals surface area contributed by atoms with E-state index in [0.29, 0.717) is 5.92 Å². The fourth-order valence-electron chi connectivity index (χ4n) is 1.54. The molecule has 2 aromatic rings. The van der Waals surface area contributed by atoms with Crippen LogP contribution in [0.5, 0.6) is 0 Å². The predicted molar refractivity (Wildman–Crippen MR) is 72.4 cm³/mol. The van der Waals surface area contributed by atoms with Crippen molar-refractivity contribution in [3.05, 3.63) is 35.4 Å². The first-order valence-electron chi connectivity index (χ1n) is 5.71. The van der Waals surface area contributed by atoms with Crippen LogP contribution in [0.3, 0.4) is 0 Å². The molecule has 2 rings (SSSR count). The summed E-state index contributed by atoms with van der Waals surface area (Å²) in [6.07, 6.45) is 0. The molecule has 0 aliphatic carbocycles. The first-order chi connectivity index (χ1) is 8.16. The summed E-state index contributed by atoms with van der Waals surface area (Å²) >= 11 is 6.13. The second-order valence-electron chi connectivity index (χ2n) is 4.42. The number of rotatable bonds is 4. The van der Waals surface area contributed by atoms with E-state index in [-0.39, 0.29) is 0 Å². The number of hydrogen-bond donors (Lipinski definition) is 2. The van der Waals surface area contributed by atoms with Crippen molar-refractivity contribution in [1.82, 2.24) is 10.2 Å². The molecular formula is C13H16ClN3. The minimum atomic E-state index is 0.593. The molecule has 17 heavy (non-hydrogen) atoms. The molecule has 0 fully saturated rings. The number of aromatic amines is 1. The van der Waals surface area contributed by atoms with Gasteiger partial charge in [-0.2, -0.15) is 5.10 Å². The van der Waals surface area contributed by atoms with E-state index in [4.69, 9.17) is 11.6 Å². The van der Waals surface area contributed by atoms with Crippen LogP contribution in [0.2, 0.25) is 5.02 Å². The molecule has 90 valence electrons. The van der Waals surface area contributed by atoms with Gasteiger partial charge in [0.1, 0.15) is 5.82 Å². The van der Waals surface area contributed by atoms with Gasteiger partial charge in [0.25, 0.3) is 0 Å². The molecule has 0 unspecified atom stereocenters. The summed E-state index contributed by atoms with van der Waals surface area (Å²) in [4.78, 5) is 0. The molecule has 4 heteroatoms. The third-order valence-corrected chi connectivity index (χ3v) is 2.76. The minimum absolute atomic E-state index is 0.593. The fourth-order valence-corrected chi connectivity index (χ4v) is 1.78. The molecule has 0 aliphatic heterocycles. The van der Waals surface area contributed by atoms with Crippen molar-refractivity contribution in [2.75, 3.05) is 11.9 Å². The molecule has 0 bridgehead atoms. The highest BCUT2D eigenvalue weighted by Gasteiger charge is 2.06. The lowest BCUT2D eigenvalue weighted by Gasteiger charge is -2.04. The Balaban J connectivity index is 2.16. The lowest BCUT2D eigenvalue weighted by Crippen LogP contribution is -2.07. The number of halogens is 1. The van der Waals surface area contributed by atoms with E-state index in [1.807, 2.05) is 30.3 Å².